The molecule has 0 aliphatic rings. The number of nitrogens with zero attached hydrogens (tertiary/aromatic N) is 2. The van der Waals surface area contributed by atoms with Gasteiger partial charge in [0.05, 0.1) is 18.0 Å². The van der Waals surface area contributed by atoms with Gasteiger partial charge in [-0.3, -0.25) is 4.90 Å². The Morgan fingerprint density at radius 1 is 1.47 bits per heavy atom. The van der Waals surface area contributed by atoms with Gasteiger partial charge in [0.25, 0.3) is 0 Å². The van der Waals surface area contributed by atoms with E-state index in [0.717, 1.165) is 4.90 Å². The Morgan fingerprint density at radius 3 is 2.47 bits per heavy atom. The molecule has 17 heavy (non-hydrogen) atoms. The van der Waals surface area contributed by atoms with Crippen molar-refractivity contribution in [2.24, 2.45) is 0 Å². The molecule has 0 atom stereocenters. The van der Waals surface area contributed by atoms with E-state index in [1.54, 1.807) is 26.8 Å². The first kappa shape index (κ1) is 13.7. The summed E-state index contributed by atoms with van der Waals surface area (Å²) in [6.07, 6.45) is -1.10. The van der Waals surface area contributed by atoms with E-state index >= 15 is 0 Å². The molecule has 0 fully saturated rings. The lowest BCUT2D eigenvalue weighted by atomic mass is 10.1. The Hall–Kier alpha value is -1.33. The fourth-order valence-corrected chi connectivity index (χ4v) is 1.70. The van der Waals surface area contributed by atoms with E-state index in [4.69, 9.17) is 11.6 Å². The smallest absolute Gasteiger partial charge is 0.412 e. The van der Waals surface area contributed by atoms with Crippen LogP contribution < -0.4 is 4.90 Å². The molecule has 0 unspecified atom stereocenters. The first-order valence-electron chi connectivity index (χ1n) is 5.07. The summed E-state index contributed by atoms with van der Waals surface area (Å²) in [6.45, 7) is 4.92. The van der Waals surface area contributed by atoms with Crippen molar-refractivity contribution >= 4 is 23.4 Å². The van der Waals surface area contributed by atoms with Gasteiger partial charge in [-0.25, -0.2) is 9.78 Å². The molecule has 0 saturated heterocycles. The second-order valence-corrected chi connectivity index (χ2v) is 4.93. The topological polar surface area (TPSA) is 73.7 Å². The van der Waals surface area contributed by atoms with Crippen LogP contribution in [0.1, 0.15) is 26.5 Å². The van der Waals surface area contributed by atoms with Gasteiger partial charge in [-0.2, -0.15) is 0 Å². The van der Waals surface area contributed by atoms with E-state index in [9.17, 15) is 15.0 Å². The van der Waals surface area contributed by atoms with Crippen molar-refractivity contribution in [3.8, 4) is 0 Å². The van der Waals surface area contributed by atoms with Gasteiger partial charge in [-0.05, 0) is 32.9 Å². The number of hydrogen-bond donors (Lipinski definition) is 2. The quantitative estimate of drug-likeness (QED) is 0.800. The zero-order chi connectivity index (χ0) is 13.2. The molecule has 1 heterocycles. The van der Waals surface area contributed by atoms with Crippen molar-refractivity contribution in [2.75, 3.05) is 4.90 Å². The lowest BCUT2D eigenvalue weighted by molar-refractivity contribution is 0.195. The second-order valence-electron chi connectivity index (χ2n) is 4.55. The zero-order valence-corrected chi connectivity index (χ0v) is 10.7. The largest absolute Gasteiger partial charge is 0.465 e. The van der Waals surface area contributed by atoms with Crippen LogP contribution in [0.15, 0.2) is 12.1 Å². The monoisotopic (exact) mass is 258 g/mol. The summed E-state index contributed by atoms with van der Waals surface area (Å²) in [6, 6.07) is 3.04. The fraction of sp³-hybridized carbons (Fsp3) is 0.455. The number of anilines is 1. The Morgan fingerprint density at radius 2 is 2.06 bits per heavy atom. The van der Waals surface area contributed by atoms with Crippen molar-refractivity contribution < 1.29 is 15.0 Å². The third-order valence-electron chi connectivity index (χ3n) is 2.17. The second kappa shape index (κ2) is 4.89. The summed E-state index contributed by atoms with van der Waals surface area (Å²) in [7, 11) is 0. The standard InChI is InChI=1S/C11H15ClN2O3/c1-11(2,3)14(10(16)17)8-4-5-9(12)13-7(8)6-15/h4-5,15H,6H2,1-3H3,(H,16,17). The molecule has 1 aromatic rings. The van der Waals surface area contributed by atoms with Crippen molar-refractivity contribution in [2.45, 2.75) is 32.9 Å². The number of aromatic nitrogens is 1. The third kappa shape index (κ3) is 3.08. The first-order valence-corrected chi connectivity index (χ1v) is 5.44. The Balaban J connectivity index is 3.33. The summed E-state index contributed by atoms with van der Waals surface area (Å²) >= 11 is 5.71. The van der Waals surface area contributed by atoms with E-state index in [2.05, 4.69) is 4.98 Å². The molecule has 0 radical (unpaired) electrons. The van der Waals surface area contributed by atoms with Crippen LogP contribution in [0.5, 0.6) is 0 Å². The SMILES string of the molecule is CC(C)(C)N(C(=O)O)c1ccc(Cl)nc1CO. The van der Waals surface area contributed by atoms with Crippen LogP contribution in [0.25, 0.3) is 0 Å². The lowest BCUT2D eigenvalue weighted by Gasteiger charge is -2.33. The van der Waals surface area contributed by atoms with Crippen LogP contribution in [0.4, 0.5) is 10.5 Å². The minimum atomic E-state index is -1.10. The molecule has 0 aromatic carbocycles. The van der Waals surface area contributed by atoms with Gasteiger partial charge < -0.3 is 10.2 Å². The molecule has 0 bridgehead atoms. The zero-order valence-electron chi connectivity index (χ0n) is 9.94. The molecule has 0 aliphatic heterocycles. The molecule has 0 saturated carbocycles. The van der Waals surface area contributed by atoms with Gasteiger partial charge >= 0.3 is 6.09 Å². The Labute approximate surface area is 105 Å². The van der Waals surface area contributed by atoms with E-state index in [0.29, 0.717) is 5.69 Å². The molecule has 0 spiro atoms. The lowest BCUT2D eigenvalue weighted by Crippen LogP contribution is -2.45. The van der Waals surface area contributed by atoms with Crippen molar-refractivity contribution in [1.82, 2.24) is 4.98 Å². The predicted octanol–water partition coefficient (Wildman–Crippen LogP) is 2.51. The van der Waals surface area contributed by atoms with E-state index < -0.39 is 11.6 Å². The highest BCUT2D eigenvalue weighted by atomic mass is 35.5. The van der Waals surface area contributed by atoms with Gasteiger partial charge in [0.15, 0.2) is 0 Å². The van der Waals surface area contributed by atoms with Gasteiger partial charge in [0.2, 0.25) is 0 Å². The maximum atomic E-state index is 11.3. The van der Waals surface area contributed by atoms with E-state index in [1.807, 2.05) is 0 Å². The highest BCUT2D eigenvalue weighted by Gasteiger charge is 2.29. The van der Waals surface area contributed by atoms with Crippen molar-refractivity contribution in [3.63, 3.8) is 0 Å². The summed E-state index contributed by atoms with van der Waals surface area (Å²) in [5, 5.41) is 18.7. The number of aliphatic hydroxyl groups is 1. The normalized spacial score (nSPS) is 11.4. The summed E-state index contributed by atoms with van der Waals surface area (Å²) in [5.41, 5.74) is -0.0441. The number of carbonyl (C=O) groups is 1. The fourth-order valence-electron chi connectivity index (χ4n) is 1.54. The van der Waals surface area contributed by atoms with Crippen LogP contribution in [0, 0.1) is 0 Å². The summed E-state index contributed by atoms with van der Waals surface area (Å²) < 4.78 is 0. The van der Waals surface area contributed by atoms with Gasteiger partial charge in [-0.1, -0.05) is 11.6 Å². The number of carboxylic acid groups (broad SMARTS) is 1. The number of amides is 1. The minimum absolute atomic E-state index is 0.219. The molecule has 2 N–H and O–H groups in total. The Kier molecular flexibility index (Phi) is 3.95. The number of pyridine rings is 1. The van der Waals surface area contributed by atoms with Crippen molar-refractivity contribution in [1.29, 1.82) is 0 Å². The average molecular weight is 259 g/mol. The Bertz CT molecular complexity index is 429. The maximum absolute atomic E-state index is 11.3. The maximum Gasteiger partial charge on any atom is 0.412 e. The van der Waals surface area contributed by atoms with Gasteiger partial charge in [-0.15, -0.1) is 0 Å². The predicted molar refractivity (Wildman–Crippen MR) is 65.4 cm³/mol. The summed E-state index contributed by atoms with van der Waals surface area (Å²) in [5.74, 6) is 0. The molecule has 0 aliphatic carbocycles. The minimum Gasteiger partial charge on any atom is -0.465 e. The molecule has 94 valence electrons. The number of rotatable bonds is 2. The number of hydrogen-bond acceptors (Lipinski definition) is 3. The molecule has 1 aromatic heterocycles. The van der Waals surface area contributed by atoms with Crippen LogP contribution in [-0.4, -0.2) is 26.8 Å². The first-order chi connectivity index (χ1) is 7.77. The third-order valence-corrected chi connectivity index (χ3v) is 2.38. The van der Waals surface area contributed by atoms with E-state index in [-0.39, 0.29) is 17.5 Å². The number of aliphatic hydroxyl groups excluding tert-OH is 1. The van der Waals surface area contributed by atoms with Crippen LogP contribution in [-0.2, 0) is 6.61 Å². The molecular formula is C11H15ClN2O3. The van der Waals surface area contributed by atoms with Crippen LogP contribution in [0.2, 0.25) is 5.15 Å². The van der Waals surface area contributed by atoms with Crippen molar-refractivity contribution in [3.05, 3.63) is 23.0 Å². The molecule has 5 nitrogen and oxygen atoms in total. The van der Waals surface area contributed by atoms with Gasteiger partial charge in [0.1, 0.15) is 5.15 Å². The summed E-state index contributed by atoms with van der Waals surface area (Å²) in [4.78, 5) is 16.4. The molecule has 1 rings (SSSR count). The molecule has 1 amide bonds. The highest BCUT2D eigenvalue weighted by molar-refractivity contribution is 6.29. The van der Waals surface area contributed by atoms with E-state index in [1.165, 1.54) is 6.07 Å². The van der Waals surface area contributed by atoms with Crippen LogP contribution >= 0.6 is 11.6 Å². The highest BCUT2D eigenvalue weighted by Crippen LogP contribution is 2.28. The molecule has 6 heteroatoms. The van der Waals surface area contributed by atoms with Gasteiger partial charge in [0, 0.05) is 5.54 Å². The average Bonchev–Trinajstić information content (AvgIpc) is 2.17. The van der Waals surface area contributed by atoms with Crippen LogP contribution in [0.3, 0.4) is 0 Å². The number of halogens is 1. The molecular weight excluding hydrogens is 244 g/mol.